The van der Waals surface area contributed by atoms with Crippen molar-refractivity contribution in [2.75, 3.05) is 0 Å². The molecule has 0 aliphatic carbocycles. The number of benzene rings is 4. The molecule has 1 aromatic heterocycles. The molecule has 0 saturated heterocycles. The minimum Gasteiger partial charge on any atom is -0.135 e. The molecule has 0 saturated carbocycles. The van der Waals surface area contributed by atoms with E-state index in [-0.39, 0.29) is 0 Å². The second kappa shape index (κ2) is 7.27. The molecule has 1 heterocycles. The van der Waals surface area contributed by atoms with Gasteiger partial charge in [0.05, 0.1) is 0 Å². The summed E-state index contributed by atoms with van der Waals surface area (Å²) in [4.78, 5) is 0. The Kier molecular flexibility index (Phi) is 4.56. The van der Waals surface area contributed by atoms with E-state index in [1.54, 1.807) is 0 Å². The van der Waals surface area contributed by atoms with Gasteiger partial charge < -0.3 is 0 Å². The van der Waals surface area contributed by atoms with E-state index in [2.05, 4.69) is 100 Å². The third kappa shape index (κ3) is 2.74. The molecule has 0 radical (unpaired) electrons. The third-order valence-electron chi connectivity index (χ3n) is 6.15. The van der Waals surface area contributed by atoms with Gasteiger partial charge in [-0.25, -0.2) is 0 Å². The average Bonchev–Trinajstić information content (AvgIpc) is 3.15. The normalized spacial score (nSPS) is 13.0. The lowest BCUT2D eigenvalue weighted by Gasteiger charge is -2.16. The molecule has 0 fully saturated rings. The summed E-state index contributed by atoms with van der Waals surface area (Å²) in [6, 6.07) is 22.2. The smallest absolute Gasteiger partial charge is 0.0397 e. The van der Waals surface area contributed by atoms with Gasteiger partial charge in [-0.2, -0.15) is 0 Å². The van der Waals surface area contributed by atoms with E-state index < -0.39 is 0 Å². The van der Waals surface area contributed by atoms with Gasteiger partial charge in [-0.1, -0.05) is 73.3 Å². The van der Waals surface area contributed by atoms with Gasteiger partial charge in [-0.3, -0.25) is 0 Å². The highest BCUT2D eigenvalue weighted by molar-refractivity contribution is 7.26. The van der Waals surface area contributed by atoms with Gasteiger partial charge in [0.2, 0.25) is 0 Å². The Balaban J connectivity index is 2.02. The van der Waals surface area contributed by atoms with Crippen LogP contribution in [-0.4, -0.2) is 0 Å². The predicted octanol–water partition coefficient (Wildman–Crippen LogP) is 9.20. The predicted molar refractivity (Wildman–Crippen MR) is 137 cm³/mol. The Morgan fingerprint density at radius 1 is 0.900 bits per heavy atom. The fraction of sp³-hybridized carbons (Fsp3) is 0.103. The van der Waals surface area contributed by atoms with Gasteiger partial charge >= 0.3 is 0 Å². The highest BCUT2D eigenvalue weighted by Crippen LogP contribution is 2.46. The number of fused-ring (bicyclic) bond motifs is 6. The van der Waals surface area contributed by atoms with Crippen molar-refractivity contribution in [1.82, 2.24) is 0 Å². The highest BCUT2D eigenvalue weighted by atomic mass is 32.1. The quantitative estimate of drug-likeness (QED) is 0.263. The van der Waals surface area contributed by atoms with Gasteiger partial charge in [-0.15, -0.1) is 11.3 Å². The second-order valence-corrected chi connectivity index (χ2v) is 8.89. The van der Waals surface area contributed by atoms with E-state index in [1.165, 1.54) is 64.0 Å². The lowest BCUT2D eigenvalue weighted by molar-refractivity contribution is 1.44. The number of rotatable bonds is 3. The zero-order valence-corrected chi connectivity index (χ0v) is 18.4. The minimum absolute atomic E-state index is 1.26. The Morgan fingerprint density at radius 3 is 2.27 bits per heavy atom. The van der Waals surface area contributed by atoms with Crippen LogP contribution in [0.4, 0.5) is 0 Å². The monoisotopic (exact) mass is 404 g/mol. The van der Waals surface area contributed by atoms with Gasteiger partial charge in [-0.05, 0) is 76.7 Å². The molecular formula is C29H24S. The maximum atomic E-state index is 3.98. The van der Waals surface area contributed by atoms with Crippen LogP contribution in [0, 0.1) is 6.92 Å². The van der Waals surface area contributed by atoms with Crippen molar-refractivity contribution in [1.29, 1.82) is 0 Å². The van der Waals surface area contributed by atoms with E-state index in [4.69, 9.17) is 0 Å². The van der Waals surface area contributed by atoms with Gasteiger partial charge in [0.15, 0.2) is 0 Å². The highest BCUT2D eigenvalue weighted by Gasteiger charge is 2.19. The van der Waals surface area contributed by atoms with E-state index in [0.29, 0.717) is 0 Å². The van der Waals surface area contributed by atoms with E-state index >= 15 is 0 Å². The summed E-state index contributed by atoms with van der Waals surface area (Å²) in [5.74, 6) is 0. The molecule has 0 bridgehead atoms. The molecule has 5 rings (SSSR count). The lowest BCUT2D eigenvalue weighted by atomic mass is 9.87. The number of hydrogen-bond acceptors (Lipinski definition) is 1. The van der Waals surface area contributed by atoms with Crippen LogP contribution in [0.15, 0.2) is 91.0 Å². The van der Waals surface area contributed by atoms with Gasteiger partial charge in [0.1, 0.15) is 0 Å². The molecule has 0 aliphatic heterocycles. The fourth-order valence-corrected chi connectivity index (χ4v) is 5.83. The Morgan fingerprint density at radius 2 is 1.57 bits per heavy atom. The molecule has 0 unspecified atom stereocenters. The third-order valence-corrected chi connectivity index (χ3v) is 7.42. The van der Waals surface area contributed by atoms with Crippen molar-refractivity contribution >= 4 is 58.6 Å². The number of aryl methyl sites for hydroxylation is 1. The van der Waals surface area contributed by atoms with Crippen molar-refractivity contribution in [3.8, 4) is 0 Å². The van der Waals surface area contributed by atoms with Crippen LogP contribution in [-0.2, 0) is 0 Å². The van der Waals surface area contributed by atoms with Crippen LogP contribution >= 0.6 is 11.3 Å². The number of allylic oxidation sites excluding steroid dienone is 5. The zero-order chi connectivity index (χ0) is 20.8. The summed E-state index contributed by atoms with van der Waals surface area (Å²) >= 11 is 1.91. The van der Waals surface area contributed by atoms with Crippen molar-refractivity contribution in [3.05, 3.63) is 102 Å². The largest absolute Gasteiger partial charge is 0.135 e. The van der Waals surface area contributed by atoms with E-state index in [0.717, 1.165) is 0 Å². The SMILES string of the molecule is C=C/C=C(\C(C)=C/C)c1c(C)c2sc3cc4ccccc4cc3c2c2ccccc12. The molecule has 5 aromatic rings. The summed E-state index contributed by atoms with van der Waals surface area (Å²) < 4.78 is 2.74. The van der Waals surface area contributed by atoms with Crippen molar-refractivity contribution < 1.29 is 0 Å². The Hall–Kier alpha value is -3.16. The molecule has 0 spiro atoms. The van der Waals surface area contributed by atoms with E-state index in [9.17, 15) is 0 Å². The molecule has 1 heteroatoms. The fourth-order valence-electron chi connectivity index (χ4n) is 4.58. The number of thiophene rings is 1. The van der Waals surface area contributed by atoms with Crippen molar-refractivity contribution in [2.24, 2.45) is 0 Å². The maximum absolute atomic E-state index is 3.98. The molecule has 0 aliphatic rings. The number of hydrogen-bond donors (Lipinski definition) is 0. The molecule has 0 atom stereocenters. The molecule has 0 amide bonds. The van der Waals surface area contributed by atoms with Crippen LogP contribution in [0.1, 0.15) is 25.0 Å². The van der Waals surface area contributed by atoms with Crippen LogP contribution in [0.3, 0.4) is 0 Å². The molecule has 0 N–H and O–H groups in total. The summed E-state index contributed by atoms with van der Waals surface area (Å²) in [7, 11) is 0. The van der Waals surface area contributed by atoms with Crippen LogP contribution in [0.25, 0.3) is 47.3 Å². The first-order valence-corrected chi connectivity index (χ1v) is 11.2. The van der Waals surface area contributed by atoms with Crippen molar-refractivity contribution in [2.45, 2.75) is 20.8 Å². The molecule has 146 valence electrons. The molecule has 30 heavy (non-hydrogen) atoms. The summed E-state index contributed by atoms with van der Waals surface area (Å²) in [6.45, 7) is 10.5. The Bertz CT molecular complexity index is 1520. The van der Waals surface area contributed by atoms with Crippen LogP contribution in [0.2, 0.25) is 0 Å². The van der Waals surface area contributed by atoms with Gasteiger partial charge in [0.25, 0.3) is 0 Å². The molecule has 4 aromatic carbocycles. The first-order valence-electron chi connectivity index (χ1n) is 10.4. The standard InChI is InChI=1S/C29H24S/c1-5-11-22(18(3)6-2)27-19(4)29-28(24-15-10-9-14-23(24)27)25-16-20-12-7-8-13-21(20)17-26(25)30-29/h5-17H,1H2,2-4H3/b18-6-,22-11+. The summed E-state index contributed by atoms with van der Waals surface area (Å²) in [6.07, 6.45) is 6.24. The zero-order valence-electron chi connectivity index (χ0n) is 17.6. The topological polar surface area (TPSA) is 0 Å². The maximum Gasteiger partial charge on any atom is 0.0397 e. The summed E-state index contributed by atoms with van der Waals surface area (Å²) in [5.41, 5.74) is 5.20. The lowest BCUT2D eigenvalue weighted by Crippen LogP contribution is -1.94. The molecule has 0 nitrogen and oxygen atoms in total. The van der Waals surface area contributed by atoms with Crippen molar-refractivity contribution in [3.63, 3.8) is 0 Å². The first kappa shape index (κ1) is 18.8. The van der Waals surface area contributed by atoms with Gasteiger partial charge in [0, 0.05) is 20.2 Å². The van der Waals surface area contributed by atoms with Crippen LogP contribution in [0.5, 0.6) is 0 Å². The van der Waals surface area contributed by atoms with Crippen LogP contribution < -0.4 is 0 Å². The molecular weight excluding hydrogens is 380 g/mol. The first-order chi connectivity index (χ1) is 14.6. The van der Waals surface area contributed by atoms with E-state index in [1.807, 2.05) is 17.4 Å². The second-order valence-electron chi connectivity index (χ2n) is 7.84. The Labute approximate surface area is 181 Å². The minimum atomic E-state index is 1.26. The summed E-state index contributed by atoms with van der Waals surface area (Å²) in [5, 5.41) is 7.98. The average molecular weight is 405 g/mol.